The van der Waals surface area contributed by atoms with Crippen molar-refractivity contribution in [2.45, 2.75) is 19.8 Å². The van der Waals surface area contributed by atoms with Crippen LogP contribution in [0.25, 0.3) is 0 Å². The van der Waals surface area contributed by atoms with Crippen molar-refractivity contribution >= 4 is 28.9 Å². The first-order valence-corrected chi connectivity index (χ1v) is 4.68. The van der Waals surface area contributed by atoms with E-state index >= 15 is 0 Å². The Morgan fingerprint density at radius 1 is 1.75 bits per heavy atom. The molecule has 0 aliphatic carbocycles. The smallest absolute Gasteiger partial charge is 0.309 e. The van der Waals surface area contributed by atoms with Gasteiger partial charge in [0.25, 0.3) is 0 Å². The van der Waals surface area contributed by atoms with Crippen LogP contribution < -0.4 is 0 Å². The Labute approximate surface area is 79.0 Å². The number of carboxylic acid groups (broad SMARTS) is 1. The highest BCUT2D eigenvalue weighted by Gasteiger charge is 2.11. The maximum absolute atomic E-state index is 10.4. The molecule has 0 saturated carbocycles. The van der Waals surface area contributed by atoms with Crippen LogP contribution in [0.2, 0.25) is 4.47 Å². The van der Waals surface area contributed by atoms with E-state index < -0.39 is 5.97 Å². The second-order valence-electron chi connectivity index (χ2n) is 2.26. The van der Waals surface area contributed by atoms with Crippen LogP contribution in [-0.4, -0.2) is 16.1 Å². The molecule has 5 heteroatoms. The second-order valence-corrected chi connectivity index (χ2v) is 3.93. The predicted octanol–water partition coefficient (Wildman–Crippen LogP) is 1.99. The molecule has 1 heterocycles. The molecule has 1 aromatic heterocycles. The molecule has 0 aliphatic heterocycles. The lowest BCUT2D eigenvalue weighted by Gasteiger charge is -1.93. The Balaban J connectivity index is 2.89. The highest BCUT2D eigenvalue weighted by molar-refractivity contribution is 7.15. The molecule has 0 radical (unpaired) electrons. The molecular formula is C7H8ClNO2S. The average Bonchev–Trinajstić information content (AvgIpc) is 2.29. The summed E-state index contributed by atoms with van der Waals surface area (Å²) in [4.78, 5) is 15.3. The monoisotopic (exact) mass is 205 g/mol. The summed E-state index contributed by atoms with van der Waals surface area (Å²) in [7, 11) is 0. The van der Waals surface area contributed by atoms with Crippen LogP contribution in [0, 0.1) is 0 Å². The van der Waals surface area contributed by atoms with Gasteiger partial charge in [-0.25, -0.2) is 4.98 Å². The van der Waals surface area contributed by atoms with Gasteiger partial charge in [0.15, 0.2) is 4.47 Å². The van der Waals surface area contributed by atoms with Gasteiger partial charge in [-0.05, 0) is 6.42 Å². The molecule has 0 spiro atoms. The Bertz CT molecular complexity index is 298. The first kappa shape index (κ1) is 9.48. The first-order valence-electron chi connectivity index (χ1n) is 3.49. The van der Waals surface area contributed by atoms with E-state index in [9.17, 15) is 4.79 Å². The standard InChI is InChI=1S/C7H8ClNO2S/c1-2-5-4(3-6(10)11)9-7(8)12-5/h2-3H2,1H3,(H,10,11). The van der Waals surface area contributed by atoms with E-state index in [1.807, 2.05) is 6.92 Å². The van der Waals surface area contributed by atoms with Crippen LogP contribution in [0.3, 0.4) is 0 Å². The number of carboxylic acids is 1. The summed E-state index contributed by atoms with van der Waals surface area (Å²) in [6, 6.07) is 0. The van der Waals surface area contributed by atoms with E-state index in [1.165, 1.54) is 11.3 Å². The van der Waals surface area contributed by atoms with Gasteiger partial charge in [-0.1, -0.05) is 18.5 Å². The molecule has 0 bridgehead atoms. The third-order valence-corrected chi connectivity index (χ3v) is 2.74. The van der Waals surface area contributed by atoms with Gasteiger partial charge in [0, 0.05) is 4.88 Å². The van der Waals surface area contributed by atoms with Crippen LogP contribution in [-0.2, 0) is 17.6 Å². The highest BCUT2D eigenvalue weighted by Crippen LogP contribution is 2.23. The number of nitrogens with zero attached hydrogens (tertiary/aromatic N) is 1. The van der Waals surface area contributed by atoms with E-state index in [4.69, 9.17) is 16.7 Å². The molecule has 0 saturated heterocycles. The molecule has 1 aromatic rings. The van der Waals surface area contributed by atoms with Gasteiger partial charge >= 0.3 is 5.97 Å². The maximum Gasteiger partial charge on any atom is 0.309 e. The van der Waals surface area contributed by atoms with Gasteiger partial charge in [-0.2, -0.15) is 0 Å². The number of hydrogen-bond donors (Lipinski definition) is 1. The number of halogens is 1. The number of carbonyl (C=O) groups is 1. The van der Waals surface area contributed by atoms with Crippen LogP contribution in [0.15, 0.2) is 0 Å². The van der Waals surface area contributed by atoms with Gasteiger partial charge < -0.3 is 5.11 Å². The van der Waals surface area contributed by atoms with Crippen LogP contribution in [0.1, 0.15) is 17.5 Å². The predicted molar refractivity (Wildman–Crippen MR) is 47.8 cm³/mol. The molecule has 12 heavy (non-hydrogen) atoms. The molecule has 3 nitrogen and oxygen atoms in total. The van der Waals surface area contributed by atoms with Gasteiger partial charge in [-0.3, -0.25) is 4.79 Å². The van der Waals surface area contributed by atoms with E-state index in [0.717, 1.165) is 11.3 Å². The van der Waals surface area contributed by atoms with E-state index in [2.05, 4.69) is 4.98 Å². The molecule has 0 aliphatic rings. The average molecular weight is 206 g/mol. The Kier molecular flexibility index (Phi) is 3.05. The SMILES string of the molecule is CCc1sc(Cl)nc1CC(=O)O. The fourth-order valence-electron chi connectivity index (χ4n) is 0.909. The van der Waals surface area contributed by atoms with Crippen molar-refractivity contribution in [1.82, 2.24) is 4.98 Å². The number of aromatic nitrogens is 1. The van der Waals surface area contributed by atoms with Crippen molar-refractivity contribution in [3.05, 3.63) is 15.0 Å². The largest absolute Gasteiger partial charge is 0.481 e. The van der Waals surface area contributed by atoms with Crippen molar-refractivity contribution in [3.8, 4) is 0 Å². The van der Waals surface area contributed by atoms with E-state index in [0.29, 0.717) is 10.2 Å². The molecular weight excluding hydrogens is 198 g/mol. The topological polar surface area (TPSA) is 50.2 Å². The van der Waals surface area contributed by atoms with E-state index in [-0.39, 0.29) is 6.42 Å². The molecule has 66 valence electrons. The number of hydrogen-bond acceptors (Lipinski definition) is 3. The number of aliphatic carboxylic acids is 1. The summed E-state index contributed by atoms with van der Waals surface area (Å²) in [6.45, 7) is 1.95. The Morgan fingerprint density at radius 2 is 2.42 bits per heavy atom. The first-order chi connectivity index (χ1) is 5.63. The zero-order valence-corrected chi connectivity index (χ0v) is 8.08. The fraction of sp³-hybridized carbons (Fsp3) is 0.429. The van der Waals surface area contributed by atoms with Gasteiger partial charge in [-0.15, -0.1) is 11.3 Å². The van der Waals surface area contributed by atoms with Crippen molar-refractivity contribution in [3.63, 3.8) is 0 Å². The highest BCUT2D eigenvalue weighted by atomic mass is 35.5. The summed E-state index contributed by atoms with van der Waals surface area (Å²) in [5.41, 5.74) is 0.597. The summed E-state index contributed by atoms with van der Waals surface area (Å²) < 4.78 is 0.420. The third-order valence-electron chi connectivity index (χ3n) is 1.39. The quantitative estimate of drug-likeness (QED) is 0.821. The van der Waals surface area contributed by atoms with Gasteiger partial charge in [0.05, 0.1) is 12.1 Å². The third kappa shape index (κ3) is 2.19. The lowest BCUT2D eigenvalue weighted by atomic mass is 10.2. The van der Waals surface area contributed by atoms with Crippen molar-refractivity contribution < 1.29 is 9.90 Å². The minimum atomic E-state index is -0.869. The van der Waals surface area contributed by atoms with Gasteiger partial charge in [0.2, 0.25) is 0 Å². The zero-order valence-electron chi connectivity index (χ0n) is 6.50. The minimum Gasteiger partial charge on any atom is -0.481 e. The normalized spacial score (nSPS) is 10.2. The number of rotatable bonds is 3. The number of aryl methyl sites for hydroxylation is 1. The summed E-state index contributed by atoms with van der Waals surface area (Å²) in [6.07, 6.45) is 0.749. The molecule has 0 atom stereocenters. The van der Waals surface area contributed by atoms with Crippen molar-refractivity contribution in [2.24, 2.45) is 0 Å². The molecule has 1 N–H and O–H groups in total. The Hall–Kier alpha value is -0.610. The summed E-state index contributed by atoms with van der Waals surface area (Å²) >= 11 is 6.99. The molecule has 1 rings (SSSR count). The Morgan fingerprint density at radius 3 is 2.92 bits per heavy atom. The fourth-order valence-corrected chi connectivity index (χ4v) is 2.03. The van der Waals surface area contributed by atoms with Crippen molar-refractivity contribution in [2.75, 3.05) is 0 Å². The molecule has 0 aromatic carbocycles. The lowest BCUT2D eigenvalue weighted by Crippen LogP contribution is -2.02. The molecule has 0 amide bonds. The molecule has 0 unspecified atom stereocenters. The lowest BCUT2D eigenvalue weighted by molar-refractivity contribution is -0.136. The van der Waals surface area contributed by atoms with Crippen LogP contribution in [0.5, 0.6) is 0 Å². The van der Waals surface area contributed by atoms with Crippen molar-refractivity contribution in [1.29, 1.82) is 0 Å². The van der Waals surface area contributed by atoms with E-state index in [1.54, 1.807) is 0 Å². The van der Waals surface area contributed by atoms with Crippen LogP contribution in [0.4, 0.5) is 0 Å². The van der Waals surface area contributed by atoms with Crippen LogP contribution >= 0.6 is 22.9 Å². The minimum absolute atomic E-state index is 0.0353. The molecule has 0 fully saturated rings. The maximum atomic E-state index is 10.4. The summed E-state index contributed by atoms with van der Waals surface area (Å²) in [5, 5.41) is 8.52. The van der Waals surface area contributed by atoms with Gasteiger partial charge in [0.1, 0.15) is 0 Å². The summed E-state index contributed by atoms with van der Waals surface area (Å²) in [5.74, 6) is -0.869. The second kappa shape index (κ2) is 3.87. The number of thiazole rings is 1. The zero-order chi connectivity index (χ0) is 9.14.